The van der Waals surface area contributed by atoms with Crippen LogP contribution in [0.3, 0.4) is 0 Å². The number of hydrogen-bond donors (Lipinski definition) is 1. The monoisotopic (exact) mass is 556 g/mol. The number of amides is 2. The molecule has 3 saturated heterocycles. The van der Waals surface area contributed by atoms with Crippen molar-refractivity contribution in [3.63, 3.8) is 0 Å². The topological polar surface area (TPSA) is 85.2 Å². The summed E-state index contributed by atoms with van der Waals surface area (Å²) < 4.78 is 5.54. The number of carbonyl (C=O) groups is 2. The molecule has 0 aliphatic carbocycles. The first-order chi connectivity index (χ1) is 20.1. The molecule has 9 heteroatoms. The number of anilines is 2. The van der Waals surface area contributed by atoms with Crippen LogP contribution in [0.2, 0.25) is 0 Å². The molecule has 6 rings (SSSR count). The Bertz CT molecular complexity index is 1280. The molecule has 3 fully saturated rings. The number of aromatic nitrogens is 1. The Kier molecular flexibility index (Phi) is 8.51. The normalized spacial score (nSPS) is 21.7. The Labute approximate surface area is 242 Å². The molecule has 9 nitrogen and oxygen atoms in total. The molecule has 41 heavy (non-hydrogen) atoms. The lowest BCUT2D eigenvalue weighted by atomic mass is 9.81. The minimum atomic E-state index is -0.0976. The molecule has 3 aliphatic rings. The lowest BCUT2D eigenvalue weighted by Crippen LogP contribution is -2.50. The summed E-state index contributed by atoms with van der Waals surface area (Å²) in [4.78, 5) is 35.0. The van der Waals surface area contributed by atoms with Gasteiger partial charge in [0.1, 0.15) is 0 Å². The molecular formula is C32H40N6O3. The van der Waals surface area contributed by atoms with Crippen molar-refractivity contribution in [1.29, 1.82) is 0 Å². The summed E-state index contributed by atoms with van der Waals surface area (Å²) in [6.07, 6.45) is 2.23. The van der Waals surface area contributed by atoms with E-state index in [9.17, 15) is 9.59 Å². The highest BCUT2D eigenvalue weighted by Crippen LogP contribution is 2.28. The van der Waals surface area contributed by atoms with Crippen LogP contribution in [0.15, 0.2) is 71.3 Å². The summed E-state index contributed by atoms with van der Waals surface area (Å²) in [6, 6.07) is 22.5. The summed E-state index contributed by atoms with van der Waals surface area (Å²) in [5.41, 5.74) is 3.20. The fourth-order valence-corrected chi connectivity index (χ4v) is 6.43. The molecule has 216 valence electrons. The highest BCUT2D eigenvalue weighted by atomic mass is 16.5. The number of hydrogen-bond acceptors (Lipinski definition) is 7. The standard InChI is InChI=1S/C32H40N6O3/c39-31(37-17-13-35(14-18-37)28-7-3-1-4-8-28)22-25-11-12-33-24-26(25)21-27-23-30(41-34-27)32(40)38-19-15-36(16-20-38)29-9-5-2-6-10-29/h1-10,23,25-26,33H,11-22,24H2/t25-,26-/m0/s1. The van der Waals surface area contributed by atoms with E-state index in [1.165, 1.54) is 11.4 Å². The van der Waals surface area contributed by atoms with Crippen molar-refractivity contribution < 1.29 is 14.1 Å². The first-order valence-corrected chi connectivity index (χ1v) is 15.0. The number of piperazine rings is 2. The predicted molar refractivity (Wildman–Crippen MR) is 159 cm³/mol. The van der Waals surface area contributed by atoms with Crippen molar-refractivity contribution in [2.75, 3.05) is 75.2 Å². The number of benzene rings is 2. The molecule has 3 aliphatic heterocycles. The van der Waals surface area contributed by atoms with Crippen molar-refractivity contribution in [1.82, 2.24) is 20.3 Å². The number of rotatable bonds is 7. The van der Waals surface area contributed by atoms with E-state index in [0.717, 1.165) is 64.5 Å². The molecule has 2 aromatic carbocycles. The fourth-order valence-electron chi connectivity index (χ4n) is 6.43. The van der Waals surface area contributed by atoms with Gasteiger partial charge in [0.15, 0.2) is 0 Å². The molecule has 4 heterocycles. The maximum Gasteiger partial charge on any atom is 0.292 e. The number of piperidine rings is 1. The second kappa shape index (κ2) is 12.8. The summed E-state index contributed by atoms with van der Waals surface area (Å²) in [5.74, 6) is 1.03. The van der Waals surface area contributed by atoms with Crippen LogP contribution in [0.4, 0.5) is 11.4 Å². The lowest BCUT2D eigenvalue weighted by Gasteiger charge is -2.38. The minimum absolute atomic E-state index is 0.0976. The average Bonchev–Trinajstić information content (AvgIpc) is 3.51. The zero-order valence-electron chi connectivity index (χ0n) is 23.7. The largest absolute Gasteiger partial charge is 0.368 e. The predicted octanol–water partition coefficient (Wildman–Crippen LogP) is 3.14. The third-order valence-corrected chi connectivity index (χ3v) is 8.88. The third-order valence-electron chi connectivity index (χ3n) is 8.88. The number of carbonyl (C=O) groups excluding carboxylic acids is 2. The molecule has 1 aromatic heterocycles. The van der Waals surface area contributed by atoms with Crippen molar-refractivity contribution in [3.05, 3.63) is 78.2 Å². The highest BCUT2D eigenvalue weighted by Gasteiger charge is 2.32. The average molecular weight is 557 g/mol. The van der Waals surface area contributed by atoms with Gasteiger partial charge in [-0.1, -0.05) is 41.6 Å². The minimum Gasteiger partial charge on any atom is -0.368 e. The van der Waals surface area contributed by atoms with Crippen molar-refractivity contribution in [2.45, 2.75) is 19.3 Å². The zero-order chi connectivity index (χ0) is 28.0. The number of nitrogens with one attached hydrogen (secondary N) is 1. The van der Waals surface area contributed by atoms with Gasteiger partial charge in [-0.2, -0.15) is 0 Å². The Morgan fingerprint density at radius 1 is 0.780 bits per heavy atom. The lowest BCUT2D eigenvalue weighted by molar-refractivity contribution is -0.133. The molecule has 0 unspecified atom stereocenters. The van der Waals surface area contributed by atoms with Crippen LogP contribution in [0.1, 0.15) is 29.1 Å². The van der Waals surface area contributed by atoms with Gasteiger partial charge in [-0.05, 0) is 62.0 Å². The van der Waals surface area contributed by atoms with Crippen LogP contribution in [0.25, 0.3) is 0 Å². The van der Waals surface area contributed by atoms with Crippen molar-refractivity contribution in [3.8, 4) is 0 Å². The van der Waals surface area contributed by atoms with Gasteiger partial charge >= 0.3 is 0 Å². The summed E-state index contributed by atoms with van der Waals surface area (Å²) in [6.45, 7) is 7.91. The van der Waals surface area contributed by atoms with E-state index in [-0.39, 0.29) is 23.7 Å². The van der Waals surface area contributed by atoms with Crippen LogP contribution >= 0.6 is 0 Å². The number of nitrogens with zero attached hydrogens (tertiary/aromatic N) is 5. The molecule has 0 radical (unpaired) electrons. The molecule has 1 N–H and O–H groups in total. The van der Waals surface area contributed by atoms with Gasteiger partial charge in [-0.15, -0.1) is 0 Å². The van der Waals surface area contributed by atoms with Gasteiger partial charge in [0, 0.05) is 76.2 Å². The molecule has 2 atom stereocenters. The van der Waals surface area contributed by atoms with E-state index in [4.69, 9.17) is 4.52 Å². The maximum absolute atomic E-state index is 13.3. The van der Waals surface area contributed by atoms with Gasteiger partial charge in [0.05, 0.1) is 5.69 Å². The smallest absolute Gasteiger partial charge is 0.292 e. The molecule has 0 spiro atoms. The Morgan fingerprint density at radius 2 is 1.37 bits per heavy atom. The summed E-state index contributed by atoms with van der Waals surface area (Å²) in [5, 5.41) is 7.76. The SMILES string of the molecule is O=C(C[C@@H]1CCNC[C@@H]1Cc1cc(C(=O)N2CCN(c3ccccc3)CC2)on1)N1CCN(c2ccccc2)CC1. The van der Waals surface area contributed by atoms with Gasteiger partial charge in [-0.25, -0.2) is 0 Å². The molecule has 2 amide bonds. The van der Waals surface area contributed by atoms with Crippen LogP contribution in [-0.2, 0) is 11.2 Å². The van der Waals surface area contributed by atoms with Crippen molar-refractivity contribution >= 4 is 23.2 Å². The molecule has 0 saturated carbocycles. The second-order valence-corrected chi connectivity index (χ2v) is 11.4. The van der Waals surface area contributed by atoms with Gasteiger partial charge in [0.2, 0.25) is 11.7 Å². The second-order valence-electron chi connectivity index (χ2n) is 11.4. The van der Waals surface area contributed by atoms with Crippen LogP contribution in [0, 0.1) is 11.8 Å². The van der Waals surface area contributed by atoms with E-state index < -0.39 is 0 Å². The van der Waals surface area contributed by atoms with E-state index >= 15 is 0 Å². The van der Waals surface area contributed by atoms with Gasteiger partial charge in [0.25, 0.3) is 5.91 Å². The van der Waals surface area contributed by atoms with Crippen LogP contribution < -0.4 is 15.1 Å². The first kappa shape index (κ1) is 27.3. The molecule has 3 aromatic rings. The summed E-state index contributed by atoms with van der Waals surface area (Å²) in [7, 11) is 0. The number of para-hydroxylation sites is 2. The summed E-state index contributed by atoms with van der Waals surface area (Å²) >= 11 is 0. The van der Waals surface area contributed by atoms with Gasteiger partial charge in [-0.3, -0.25) is 9.59 Å². The quantitative estimate of drug-likeness (QED) is 0.479. The maximum atomic E-state index is 13.3. The van der Waals surface area contributed by atoms with Crippen molar-refractivity contribution in [2.24, 2.45) is 11.8 Å². The van der Waals surface area contributed by atoms with E-state index in [1.807, 2.05) is 40.1 Å². The van der Waals surface area contributed by atoms with Crippen LogP contribution in [-0.4, -0.2) is 92.2 Å². The Morgan fingerprint density at radius 3 is 1.98 bits per heavy atom. The fraction of sp³-hybridized carbons (Fsp3) is 0.469. The van der Waals surface area contributed by atoms with Gasteiger partial charge < -0.3 is 29.4 Å². The van der Waals surface area contributed by atoms with E-state index in [2.05, 4.69) is 56.7 Å². The first-order valence-electron chi connectivity index (χ1n) is 15.0. The Hall–Kier alpha value is -3.85. The molecule has 0 bridgehead atoms. The highest BCUT2D eigenvalue weighted by molar-refractivity contribution is 5.91. The molecular weight excluding hydrogens is 516 g/mol. The Balaban J connectivity index is 0.998. The third kappa shape index (κ3) is 6.56. The van der Waals surface area contributed by atoms with E-state index in [0.29, 0.717) is 31.7 Å². The van der Waals surface area contributed by atoms with Crippen LogP contribution in [0.5, 0.6) is 0 Å². The van der Waals surface area contributed by atoms with E-state index in [1.54, 1.807) is 0 Å². The zero-order valence-corrected chi connectivity index (χ0v) is 23.7.